The summed E-state index contributed by atoms with van der Waals surface area (Å²) < 4.78 is 0. The van der Waals surface area contributed by atoms with Crippen molar-refractivity contribution in [3.63, 3.8) is 0 Å². The minimum atomic E-state index is -0.802. The van der Waals surface area contributed by atoms with E-state index in [9.17, 15) is 9.59 Å². The van der Waals surface area contributed by atoms with Crippen LogP contribution in [0.25, 0.3) is 0 Å². The van der Waals surface area contributed by atoms with Crippen molar-refractivity contribution in [3.05, 3.63) is 0 Å². The van der Waals surface area contributed by atoms with E-state index in [-0.39, 0.29) is 5.91 Å². The van der Waals surface area contributed by atoms with Crippen LogP contribution in [0.15, 0.2) is 0 Å². The van der Waals surface area contributed by atoms with E-state index in [2.05, 4.69) is 0 Å². The van der Waals surface area contributed by atoms with Crippen LogP contribution in [0.5, 0.6) is 0 Å². The number of carboxylic acid groups (broad SMARTS) is 1. The smallest absolute Gasteiger partial charge is 0.311 e. The van der Waals surface area contributed by atoms with Gasteiger partial charge in [0.05, 0.1) is 11.2 Å². The number of carbonyl (C=O) groups is 2. The van der Waals surface area contributed by atoms with Crippen LogP contribution in [0, 0.1) is 5.41 Å². The second-order valence-corrected chi connectivity index (χ2v) is 5.08. The fourth-order valence-corrected chi connectivity index (χ4v) is 2.27. The molecule has 1 N–H and O–H groups in total. The molecule has 1 saturated heterocycles. The highest BCUT2D eigenvalue weighted by Gasteiger charge is 2.39. The summed E-state index contributed by atoms with van der Waals surface area (Å²) in [6.45, 7) is 2.76. The molecule has 4 nitrogen and oxygen atoms in total. The van der Waals surface area contributed by atoms with Crippen molar-refractivity contribution in [2.24, 2.45) is 5.41 Å². The molecule has 0 aliphatic carbocycles. The van der Waals surface area contributed by atoms with Gasteiger partial charge in [0.15, 0.2) is 0 Å². The first kappa shape index (κ1) is 12.4. The molecule has 0 radical (unpaired) electrons. The molecule has 1 amide bonds. The van der Waals surface area contributed by atoms with Gasteiger partial charge in [-0.2, -0.15) is 11.8 Å². The van der Waals surface area contributed by atoms with Crippen molar-refractivity contribution in [1.82, 2.24) is 4.90 Å². The van der Waals surface area contributed by atoms with Crippen LogP contribution in [0.1, 0.15) is 19.8 Å². The molecule has 5 heteroatoms. The molecule has 1 rings (SSSR count). The zero-order valence-corrected chi connectivity index (χ0v) is 9.97. The Balaban J connectivity index is 2.63. The van der Waals surface area contributed by atoms with E-state index in [0.29, 0.717) is 25.3 Å². The molecular formula is C10H17NO3S. The predicted octanol–water partition coefficient (Wildman–Crippen LogP) is 1.06. The molecule has 0 aromatic carbocycles. The summed E-state index contributed by atoms with van der Waals surface area (Å²) in [7, 11) is 0. The lowest BCUT2D eigenvalue weighted by Crippen LogP contribution is -2.48. The summed E-state index contributed by atoms with van der Waals surface area (Å²) in [5.41, 5.74) is -0.758. The van der Waals surface area contributed by atoms with E-state index < -0.39 is 11.4 Å². The minimum Gasteiger partial charge on any atom is -0.481 e. The third-order valence-electron chi connectivity index (χ3n) is 2.83. The Labute approximate surface area is 94.0 Å². The first-order valence-corrected chi connectivity index (χ1v) is 6.39. The Bertz CT molecular complexity index is 269. The van der Waals surface area contributed by atoms with Gasteiger partial charge in [-0.15, -0.1) is 0 Å². The lowest BCUT2D eigenvalue weighted by atomic mass is 9.82. The average Bonchev–Trinajstić information content (AvgIpc) is 2.18. The predicted molar refractivity (Wildman–Crippen MR) is 59.9 cm³/mol. The second kappa shape index (κ2) is 4.88. The Kier molecular flexibility index (Phi) is 4.02. The first-order valence-electron chi connectivity index (χ1n) is 5.00. The fraction of sp³-hybridized carbons (Fsp3) is 0.800. The molecule has 0 bridgehead atoms. The Morgan fingerprint density at radius 1 is 1.53 bits per heavy atom. The largest absolute Gasteiger partial charge is 0.481 e. The van der Waals surface area contributed by atoms with Crippen LogP contribution >= 0.6 is 11.8 Å². The van der Waals surface area contributed by atoms with Gasteiger partial charge >= 0.3 is 5.97 Å². The number of rotatable bonds is 3. The third-order valence-corrected chi connectivity index (χ3v) is 3.37. The lowest BCUT2D eigenvalue weighted by Gasteiger charge is -2.37. The highest BCUT2D eigenvalue weighted by atomic mass is 32.2. The summed E-state index contributed by atoms with van der Waals surface area (Å²) in [6, 6.07) is 0. The zero-order chi connectivity index (χ0) is 11.5. The van der Waals surface area contributed by atoms with Gasteiger partial charge in [0.1, 0.15) is 0 Å². The van der Waals surface area contributed by atoms with Crippen LogP contribution in [-0.2, 0) is 9.59 Å². The van der Waals surface area contributed by atoms with Crippen molar-refractivity contribution < 1.29 is 14.7 Å². The van der Waals surface area contributed by atoms with Crippen molar-refractivity contribution in [2.45, 2.75) is 19.8 Å². The highest BCUT2D eigenvalue weighted by Crippen LogP contribution is 2.29. The first-order chi connectivity index (χ1) is 6.99. The van der Waals surface area contributed by atoms with Gasteiger partial charge in [0.25, 0.3) is 0 Å². The van der Waals surface area contributed by atoms with E-state index in [4.69, 9.17) is 5.11 Å². The fourth-order valence-electron chi connectivity index (χ4n) is 1.84. The Morgan fingerprint density at radius 2 is 2.20 bits per heavy atom. The zero-order valence-electron chi connectivity index (χ0n) is 9.15. The highest BCUT2D eigenvalue weighted by molar-refractivity contribution is 7.99. The van der Waals surface area contributed by atoms with Crippen molar-refractivity contribution in [1.29, 1.82) is 0 Å². The quantitative estimate of drug-likeness (QED) is 0.789. The van der Waals surface area contributed by atoms with Crippen LogP contribution in [0.2, 0.25) is 0 Å². The molecule has 15 heavy (non-hydrogen) atoms. The van der Waals surface area contributed by atoms with E-state index >= 15 is 0 Å². The summed E-state index contributed by atoms with van der Waals surface area (Å²) in [4.78, 5) is 24.4. The molecular weight excluding hydrogens is 214 g/mol. The molecule has 1 heterocycles. The van der Waals surface area contributed by atoms with Crippen LogP contribution in [0.3, 0.4) is 0 Å². The number of likely N-dealkylation sites (tertiary alicyclic amines) is 1. The van der Waals surface area contributed by atoms with Crippen LogP contribution in [-0.4, -0.2) is 47.0 Å². The molecule has 1 aliphatic rings. The van der Waals surface area contributed by atoms with Gasteiger partial charge in [-0.05, 0) is 26.0 Å². The molecule has 0 spiro atoms. The molecule has 0 saturated carbocycles. The van der Waals surface area contributed by atoms with E-state index in [1.165, 1.54) is 11.8 Å². The van der Waals surface area contributed by atoms with E-state index in [1.807, 2.05) is 6.26 Å². The van der Waals surface area contributed by atoms with E-state index in [1.54, 1.807) is 11.8 Å². The number of thioether (sulfide) groups is 1. The Hall–Kier alpha value is -0.710. The van der Waals surface area contributed by atoms with Gasteiger partial charge in [-0.25, -0.2) is 0 Å². The summed E-state index contributed by atoms with van der Waals surface area (Å²) in [6.07, 6.45) is 3.31. The monoisotopic (exact) mass is 231 g/mol. The third kappa shape index (κ3) is 2.87. The van der Waals surface area contributed by atoms with Gasteiger partial charge in [0.2, 0.25) is 5.91 Å². The number of hydrogen-bond acceptors (Lipinski definition) is 3. The number of aliphatic carboxylic acids is 1. The average molecular weight is 231 g/mol. The number of amides is 1. The molecule has 1 atom stereocenters. The molecule has 0 aromatic heterocycles. The maximum absolute atomic E-state index is 11.6. The lowest BCUT2D eigenvalue weighted by molar-refractivity contribution is -0.153. The van der Waals surface area contributed by atoms with Gasteiger partial charge in [0, 0.05) is 13.1 Å². The maximum Gasteiger partial charge on any atom is 0.311 e. The van der Waals surface area contributed by atoms with Crippen molar-refractivity contribution >= 4 is 23.6 Å². The number of carboxylic acids is 1. The molecule has 0 aromatic rings. The topological polar surface area (TPSA) is 57.6 Å². The SMILES string of the molecule is CSCC(=O)N1CCCC(C)(C(=O)O)C1. The standard InChI is InChI=1S/C10H17NO3S/c1-10(9(13)14)4-3-5-11(7-10)8(12)6-15-2/h3-7H2,1-2H3,(H,13,14). The molecule has 86 valence electrons. The van der Waals surface area contributed by atoms with Gasteiger partial charge in [-0.3, -0.25) is 9.59 Å². The maximum atomic E-state index is 11.6. The normalized spacial score (nSPS) is 26.4. The second-order valence-electron chi connectivity index (χ2n) is 4.22. The Morgan fingerprint density at radius 3 is 2.73 bits per heavy atom. The summed E-state index contributed by atoms with van der Waals surface area (Å²) in [5.74, 6) is -0.311. The number of piperidine rings is 1. The summed E-state index contributed by atoms with van der Waals surface area (Å²) in [5, 5.41) is 9.08. The number of hydrogen-bond donors (Lipinski definition) is 1. The minimum absolute atomic E-state index is 0.0506. The van der Waals surface area contributed by atoms with Gasteiger partial charge < -0.3 is 10.0 Å². The number of carbonyl (C=O) groups excluding carboxylic acids is 1. The molecule has 1 fully saturated rings. The number of nitrogens with zero attached hydrogens (tertiary/aromatic N) is 1. The molecule has 1 aliphatic heterocycles. The van der Waals surface area contributed by atoms with Crippen LogP contribution in [0.4, 0.5) is 0 Å². The van der Waals surface area contributed by atoms with Gasteiger partial charge in [-0.1, -0.05) is 0 Å². The van der Waals surface area contributed by atoms with Crippen molar-refractivity contribution in [2.75, 3.05) is 25.1 Å². The van der Waals surface area contributed by atoms with E-state index in [0.717, 1.165) is 6.42 Å². The van der Waals surface area contributed by atoms with Crippen molar-refractivity contribution in [3.8, 4) is 0 Å². The molecule has 1 unspecified atom stereocenters. The summed E-state index contributed by atoms with van der Waals surface area (Å²) >= 11 is 1.47. The van der Waals surface area contributed by atoms with Crippen LogP contribution < -0.4 is 0 Å².